The molecule has 0 bridgehead atoms. The van der Waals surface area contributed by atoms with Gasteiger partial charge in [-0.2, -0.15) is 0 Å². The van der Waals surface area contributed by atoms with E-state index >= 15 is 0 Å². The number of hydrogen-bond donors (Lipinski definition) is 3. The normalized spacial score (nSPS) is 38.0. The second-order valence-corrected chi connectivity index (χ2v) is 6.14. The Hall–Kier alpha value is -0.600. The highest BCUT2D eigenvalue weighted by Crippen LogP contribution is 2.38. The third-order valence-electron chi connectivity index (χ3n) is 3.68. The molecule has 0 aromatic carbocycles. The summed E-state index contributed by atoms with van der Waals surface area (Å²) in [5.74, 6) is 0. The molecule has 0 spiro atoms. The van der Waals surface area contributed by atoms with Crippen LogP contribution in [-0.4, -0.2) is 74.9 Å². The number of nitrogens with zero attached hydrogens (tertiary/aromatic N) is 2. The summed E-state index contributed by atoms with van der Waals surface area (Å²) in [6, 6.07) is -0.494. The molecular weight excluding hydrogens is 280 g/mol. The first-order valence-corrected chi connectivity index (χ1v) is 7.63. The Kier molecular flexibility index (Phi) is 5.09. The monoisotopic (exact) mass is 302 g/mol. The maximum absolute atomic E-state index is 10.2. The summed E-state index contributed by atoms with van der Waals surface area (Å²) in [7, 11) is 1.91. The number of aliphatic hydroxyl groups excluding tert-OH is 3. The van der Waals surface area contributed by atoms with Crippen LogP contribution in [0.2, 0.25) is 0 Å². The molecular formula is C13H22N2O4S. The lowest BCUT2D eigenvalue weighted by atomic mass is 9.94. The molecule has 114 valence electrons. The molecule has 1 saturated heterocycles. The Morgan fingerprint density at radius 3 is 2.80 bits per heavy atom. The zero-order valence-electron chi connectivity index (χ0n) is 11.7. The minimum Gasteiger partial charge on any atom is -0.390 e. The van der Waals surface area contributed by atoms with Crippen LogP contribution < -0.4 is 0 Å². The molecule has 3 N–H and O–H groups in total. The van der Waals surface area contributed by atoms with Crippen molar-refractivity contribution in [3.05, 3.63) is 12.7 Å². The summed E-state index contributed by atoms with van der Waals surface area (Å²) in [5.41, 5.74) is -0.373. The first-order valence-electron chi connectivity index (χ1n) is 6.75. The molecule has 2 heterocycles. The Bertz CT molecular complexity index is 393. The Morgan fingerprint density at radius 2 is 2.20 bits per heavy atom. The maximum Gasteiger partial charge on any atom is 0.162 e. The van der Waals surface area contributed by atoms with Crippen LogP contribution in [0.1, 0.15) is 13.3 Å². The second kappa shape index (κ2) is 6.44. The van der Waals surface area contributed by atoms with E-state index in [1.165, 1.54) is 11.8 Å². The van der Waals surface area contributed by atoms with Crippen molar-refractivity contribution in [1.82, 2.24) is 4.90 Å². The quantitative estimate of drug-likeness (QED) is 0.623. The lowest BCUT2D eigenvalue weighted by Crippen LogP contribution is -2.58. The molecule has 0 amide bonds. The minimum atomic E-state index is -1.15. The predicted octanol–water partition coefficient (Wildman–Crippen LogP) is -0.207. The Labute approximate surface area is 123 Å². The van der Waals surface area contributed by atoms with Crippen molar-refractivity contribution in [2.75, 3.05) is 13.6 Å². The van der Waals surface area contributed by atoms with Crippen molar-refractivity contribution >= 4 is 16.9 Å². The molecule has 2 aliphatic rings. The first-order chi connectivity index (χ1) is 9.49. The number of fused-ring (bicyclic) bond motifs is 1. The van der Waals surface area contributed by atoms with Gasteiger partial charge in [0.15, 0.2) is 5.17 Å². The highest BCUT2D eigenvalue weighted by atomic mass is 32.2. The molecule has 20 heavy (non-hydrogen) atoms. The van der Waals surface area contributed by atoms with Crippen molar-refractivity contribution < 1.29 is 20.1 Å². The van der Waals surface area contributed by atoms with Crippen LogP contribution in [0.3, 0.4) is 0 Å². The number of rotatable bonds is 4. The van der Waals surface area contributed by atoms with Crippen molar-refractivity contribution in [1.29, 1.82) is 0 Å². The summed E-state index contributed by atoms with van der Waals surface area (Å²) in [6.45, 7) is 6.36. The fourth-order valence-electron chi connectivity index (χ4n) is 2.32. The maximum atomic E-state index is 10.2. The van der Waals surface area contributed by atoms with Gasteiger partial charge in [-0.25, -0.2) is 0 Å². The fraction of sp³-hybridized carbons (Fsp3) is 0.769. The topological polar surface area (TPSA) is 85.5 Å². The third kappa shape index (κ3) is 2.87. The molecule has 6 nitrogen and oxygen atoms in total. The summed E-state index contributed by atoms with van der Waals surface area (Å²) >= 11 is 1.42. The Morgan fingerprint density at radius 1 is 1.50 bits per heavy atom. The SMILES string of the molecule is C=CC[C@H](O)[C@H]1O[C@@H]2SC(N(C)CC)=N[C@@H]2[C@@H](O)[C@@H]1O. The Balaban J connectivity index is 2.11. The van der Waals surface area contributed by atoms with Crippen molar-refractivity contribution in [2.24, 2.45) is 4.99 Å². The number of amidine groups is 1. The van der Waals surface area contributed by atoms with Gasteiger partial charge in [0.2, 0.25) is 0 Å². The summed E-state index contributed by atoms with van der Waals surface area (Å²) in [6.07, 6.45) is -2.02. The van der Waals surface area contributed by atoms with Crippen molar-refractivity contribution in [2.45, 2.75) is 49.2 Å². The van der Waals surface area contributed by atoms with Crippen LogP contribution in [0.15, 0.2) is 17.6 Å². The van der Waals surface area contributed by atoms with E-state index in [1.807, 2.05) is 18.9 Å². The van der Waals surface area contributed by atoms with E-state index in [0.29, 0.717) is 6.42 Å². The van der Waals surface area contributed by atoms with Gasteiger partial charge in [0.1, 0.15) is 29.8 Å². The average Bonchev–Trinajstić information content (AvgIpc) is 2.86. The molecule has 0 saturated carbocycles. The zero-order valence-corrected chi connectivity index (χ0v) is 12.5. The molecule has 2 aliphatic heterocycles. The van der Waals surface area contributed by atoms with Gasteiger partial charge in [-0.1, -0.05) is 17.8 Å². The van der Waals surface area contributed by atoms with Gasteiger partial charge in [-0.3, -0.25) is 4.99 Å². The van der Waals surface area contributed by atoms with Gasteiger partial charge in [0, 0.05) is 13.6 Å². The molecule has 0 aromatic heterocycles. The molecule has 6 atom stereocenters. The summed E-state index contributed by atoms with van der Waals surface area (Å²) in [5, 5.41) is 31.1. The van der Waals surface area contributed by atoms with E-state index in [4.69, 9.17) is 4.74 Å². The predicted molar refractivity (Wildman–Crippen MR) is 78.6 cm³/mol. The van der Waals surface area contributed by atoms with Crippen LogP contribution in [0.4, 0.5) is 0 Å². The number of aliphatic hydroxyl groups is 3. The summed E-state index contributed by atoms with van der Waals surface area (Å²) < 4.78 is 5.75. The molecule has 0 aromatic rings. The lowest BCUT2D eigenvalue weighted by Gasteiger charge is -2.40. The van der Waals surface area contributed by atoms with Crippen LogP contribution in [0.25, 0.3) is 0 Å². The van der Waals surface area contributed by atoms with Crippen LogP contribution in [0, 0.1) is 0 Å². The molecule has 0 aliphatic carbocycles. The molecule has 1 fully saturated rings. The van der Waals surface area contributed by atoms with E-state index in [2.05, 4.69) is 11.6 Å². The van der Waals surface area contributed by atoms with Crippen LogP contribution in [-0.2, 0) is 4.74 Å². The zero-order chi connectivity index (χ0) is 14.9. The van der Waals surface area contributed by atoms with E-state index in [-0.39, 0.29) is 5.44 Å². The largest absolute Gasteiger partial charge is 0.390 e. The smallest absolute Gasteiger partial charge is 0.162 e. The first kappa shape index (κ1) is 15.8. The van der Waals surface area contributed by atoms with E-state index in [9.17, 15) is 15.3 Å². The fourth-order valence-corrected chi connectivity index (χ4v) is 3.56. The third-order valence-corrected chi connectivity index (χ3v) is 4.93. The standard InChI is InChI=1S/C13H22N2O4S/c1-4-6-7(16)11-10(18)9(17)8-12(19-11)20-13(14-8)15(3)5-2/h4,7-12,16-18H,1,5-6H2,2-3H3/t7-,8+,9+,10-,11+,12+/m0/s1. The average molecular weight is 302 g/mol. The molecule has 2 rings (SSSR count). The molecule has 7 heteroatoms. The van der Waals surface area contributed by atoms with Gasteiger partial charge in [0.05, 0.1) is 6.10 Å². The van der Waals surface area contributed by atoms with Gasteiger partial charge in [0.25, 0.3) is 0 Å². The van der Waals surface area contributed by atoms with Crippen molar-refractivity contribution in [3.63, 3.8) is 0 Å². The number of hydrogen-bond acceptors (Lipinski definition) is 7. The van der Waals surface area contributed by atoms with E-state index in [0.717, 1.165) is 11.7 Å². The number of aliphatic imine (C=N–C) groups is 1. The van der Waals surface area contributed by atoms with Gasteiger partial charge in [-0.05, 0) is 13.3 Å². The van der Waals surface area contributed by atoms with Crippen LogP contribution in [0.5, 0.6) is 0 Å². The summed E-state index contributed by atoms with van der Waals surface area (Å²) in [4.78, 5) is 6.38. The number of thioether (sulfide) groups is 1. The highest BCUT2D eigenvalue weighted by Gasteiger charge is 2.50. The van der Waals surface area contributed by atoms with Gasteiger partial charge >= 0.3 is 0 Å². The minimum absolute atomic E-state index is 0.305. The van der Waals surface area contributed by atoms with Crippen LogP contribution >= 0.6 is 11.8 Å². The van der Waals surface area contributed by atoms with Crippen molar-refractivity contribution in [3.8, 4) is 0 Å². The van der Waals surface area contributed by atoms with Gasteiger partial charge < -0.3 is 25.0 Å². The highest BCUT2D eigenvalue weighted by molar-refractivity contribution is 8.14. The number of ether oxygens (including phenoxy) is 1. The van der Waals surface area contributed by atoms with E-state index in [1.54, 1.807) is 6.08 Å². The lowest BCUT2D eigenvalue weighted by molar-refractivity contribution is -0.184. The molecule has 0 radical (unpaired) electrons. The second-order valence-electron chi connectivity index (χ2n) is 5.08. The van der Waals surface area contributed by atoms with E-state index < -0.39 is 30.5 Å². The molecule has 0 unspecified atom stereocenters. The van der Waals surface area contributed by atoms with Gasteiger partial charge in [-0.15, -0.1) is 6.58 Å².